The molecule has 2 heteroatoms. The Morgan fingerprint density at radius 2 is 0.667 bits per heavy atom. The smallest absolute Gasteiger partial charge is 0.305 e. The Morgan fingerprint density at radius 3 is 1.00 bits per heavy atom. The van der Waals surface area contributed by atoms with Gasteiger partial charge in [-0.25, -0.2) is 0 Å². The summed E-state index contributed by atoms with van der Waals surface area (Å²) in [4.78, 5) is 11.8. The van der Waals surface area contributed by atoms with Gasteiger partial charge in [0.05, 0.1) is 6.61 Å². The van der Waals surface area contributed by atoms with Crippen molar-refractivity contribution in [1.29, 1.82) is 0 Å². The van der Waals surface area contributed by atoms with E-state index in [1.807, 2.05) is 0 Å². The summed E-state index contributed by atoms with van der Waals surface area (Å²) >= 11 is 0. The van der Waals surface area contributed by atoms with Crippen molar-refractivity contribution in [2.24, 2.45) is 0 Å². The third-order valence-corrected chi connectivity index (χ3v) is 7.00. The van der Waals surface area contributed by atoms with Crippen LogP contribution in [0.2, 0.25) is 0 Å². The van der Waals surface area contributed by atoms with Crippen LogP contribution in [0.4, 0.5) is 0 Å². The van der Waals surface area contributed by atoms with Crippen LogP contribution in [0.5, 0.6) is 0 Å². The van der Waals surface area contributed by atoms with Crippen LogP contribution in [0.15, 0.2) is 0 Å². The van der Waals surface area contributed by atoms with Gasteiger partial charge in [-0.1, -0.05) is 168 Å². The van der Waals surface area contributed by atoms with Crippen LogP contribution < -0.4 is 0 Å². The van der Waals surface area contributed by atoms with E-state index in [2.05, 4.69) is 13.8 Å². The Labute approximate surface area is 209 Å². The molecule has 0 bridgehead atoms. The van der Waals surface area contributed by atoms with Crippen LogP contribution in [0.1, 0.15) is 187 Å². The third kappa shape index (κ3) is 29.4. The predicted molar refractivity (Wildman–Crippen MR) is 147 cm³/mol. The molecule has 0 fully saturated rings. The van der Waals surface area contributed by atoms with Gasteiger partial charge in [-0.05, 0) is 12.8 Å². The maximum atomic E-state index is 11.8. The van der Waals surface area contributed by atoms with Crippen LogP contribution in [-0.2, 0) is 9.53 Å². The molecule has 0 N–H and O–H groups in total. The number of unbranched alkanes of at least 4 members (excludes halogenated alkanes) is 24. The van der Waals surface area contributed by atoms with E-state index in [1.165, 1.54) is 154 Å². The second-order valence-corrected chi connectivity index (χ2v) is 10.5. The number of rotatable bonds is 28. The average Bonchev–Trinajstić information content (AvgIpc) is 2.82. The fourth-order valence-corrected chi connectivity index (χ4v) is 4.67. The van der Waals surface area contributed by atoms with Gasteiger partial charge in [-0.3, -0.25) is 4.79 Å². The first kappa shape index (κ1) is 32.5. The Bertz CT molecular complexity index is 366. The minimum atomic E-state index is 0.0226. The molecular weight excluding hydrogens is 404 g/mol. The molecule has 0 radical (unpaired) electrons. The van der Waals surface area contributed by atoms with Crippen LogP contribution >= 0.6 is 0 Å². The Hall–Kier alpha value is -0.530. The summed E-state index contributed by atoms with van der Waals surface area (Å²) < 4.78 is 5.40. The highest BCUT2D eigenvalue weighted by molar-refractivity contribution is 5.69. The molecule has 0 spiro atoms. The van der Waals surface area contributed by atoms with E-state index in [9.17, 15) is 4.79 Å². The summed E-state index contributed by atoms with van der Waals surface area (Å²) in [5, 5.41) is 0. The fraction of sp³-hybridized carbons (Fsp3) is 0.968. The first-order chi connectivity index (χ1) is 16.3. The van der Waals surface area contributed by atoms with Gasteiger partial charge in [0.2, 0.25) is 0 Å². The van der Waals surface area contributed by atoms with Gasteiger partial charge in [-0.2, -0.15) is 0 Å². The summed E-state index contributed by atoms with van der Waals surface area (Å²) in [5.41, 5.74) is 0. The summed E-state index contributed by atoms with van der Waals surface area (Å²) in [7, 11) is 0. The standard InChI is InChI=1S/C31H62O2/c1-3-5-7-9-11-13-14-15-16-17-18-19-20-22-24-26-28-30-33-31(32)29-27-25-23-21-12-10-8-6-4-2/h3-30H2,1-2H3. The quantitative estimate of drug-likeness (QED) is 0.0846. The van der Waals surface area contributed by atoms with Crippen molar-refractivity contribution >= 4 is 5.97 Å². The Balaban J connectivity index is 3.12. The van der Waals surface area contributed by atoms with E-state index in [1.54, 1.807) is 0 Å². The molecule has 198 valence electrons. The van der Waals surface area contributed by atoms with Crippen molar-refractivity contribution in [3.8, 4) is 0 Å². The van der Waals surface area contributed by atoms with Gasteiger partial charge in [0.25, 0.3) is 0 Å². The van der Waals surface area contributed by atoms with Gasteiger partial charge in [0.1, 0.15) is 0 Å². The number of hydrogen-bond donors (Lipinski definition) is 0. The van der Waals surface area contributed by atoms with E-state index >= 15 is 0 Å². The van der Waals surface area contributed by atoms with Gasteiger partial charge in [0, 0.05) is 6.42 Å². The highest BCUT2D eigenvalue weighted by Gasteiger charge is 2.02. The SMILES string of the molecule is CCCCCCCCCCCCCCCCCCCOC(=O)CCCCCCCCCCC. The van der Waals surface area contributed by atoms with Crippen molar-refractivity contribution in [2.75, 3.05) is 6.61 Å². The number of carbonyl (C=O) groups excluding carboxylic acids is 1. The van der Waals surface area contributed by atoms with Crippen molar-refractivity contribution in [2.45, 2.75) is 187 Å². The summed E-state index contributed by atoms with van der Waals surface area (Å²) in [6.45, 7) is 5.19. The van der Waals surface area contributed by atoms with Crippen LogP contribution in [0.3, 0.4) is 0 Å². The molecule has 0 saturated heterocycles. The molecular formula is C31H62O2. The molecule has 0 aromatic heterocycles. The fourth-order valence-electron chi connectivity index (χ4n) is 4.67. The topological polar surface area (TPSA) is 26.3 Å². The van der Waals surface area contributed by atoms with Gasteiger partial charge >= 0.3 is 5.97 Å². The molecule has 0 aliphatic carbocycles. The number of ether oxygens (including phenoxy) is 1. The van der Waals surface area contributed by atoms with Crippen molar-refractivity contribution in [1.82, 2.24) is 0 Å². The minimum absolute atomic E-state index is 0.0226. The molecule has 0 saturated carbocycles. The Morgan fingerprint density at radius 1 is 0.394 bits per heavy atom. The van der Waals surface area contributed by atoms with E-state index in [0.29, 0.717) is 13.0 Å². The third-order valence-electron chi connectivity index (χ3n) is 7.00. The van der Waals surface area contributed by atoms with E-state index < -0.39 is 0 Å². The molecule has 0 amide bonds. The predicted octanol–water partition coefficient (Wildman–Crippen LogP) is 11.1. The van der Waals surface area contributed by atoms with E-state index in [0.717, 1.165) is 12.8 Å². The molecule has 2 nitrogen and oxygen atoms in total. The largest absolute Gasteiger partial charge is 0.466 e. The van der Waals surface area contributed by atoms with Gasteiger partial charge in [-0.15, -0.1) is 0 Å². The monoisotopic (exact) mass is 466 g/mol. The van der Waals surface area contributed by atoms with Crippen molar-refractivity contribution in [3.05, 3.63) is 0 Å². The number of carbonyl (C=O) groups is 1. The summed E-state index contributed by atoms with van der Waals surface area (Å²) in [6, 6.07) is 0. The van der Waals surface area contributed by atoms with Crippen molar-refractivity contribution < 1.29 is 9.53 Å². The summed E-state index contributed by atoms with van der Waals surface area (Å²) in [5.74, 6) is 0.0226. The first-order valence-electron chi connectivity index (χ1n) is 15.5. The first-order valence-corrected chi connectivity index (χ1v) is 15.5. The lowest BCUT2D eigenvalue weighted by Crippen LogP contribution is -2.05. The highest BCUT2D eigenvalue weighted by atomic mass is 16.5. The molecule has 0 unspecified atom stereocenters. The highest BCUT2D eigenvalue weighted by Crippen LogP contribution is 2.14. The Kier molecular flexibility index (Phi) is 29.0. The molecule has 0 aromatic rings. The maximum Gasteiger partial charge on any atom is 0.305 e. The van der Waals surface area contributed by atoms with Crippen molar-refractivity contribution in [3.63, 3.8) is 0 Å². The summed E-state index contributed by atoms with van der Waals surface area (Å²) in [6.07, 6.45) is 35.8. The number of hydrogen-bond acceptors (Lipinski definition) is 2. The molecule has 0 aliphatic heterocycles. The normalized spacial score (nSPS) is 11.2. The van der Waals surface area contributed by atoms with Gasteiger partial charge in [0.15, 0.2) is 0 Å². The molecule has 33 heavy (non-hydrogen) atoms. The van der Waals surface area contributed by atoms with E-state index in [-0.39, 0.29) is 5.97 Å². The van der Waals surface area contributed by atoms with Crippen LogP contribution in [0, 0.1) is 0 Å². The zero-order valence-corrected chi connectivity index (χ0v) is 23.1. The lowest BCUT2D eigenvalue weighted by atomic mass is 10.0. The number of esters is 1. The zero-order chi connectivity index (χ0) is 24.1. The second kappa shape index (κ2) is 29.5. The lowest BCUT2D eigenvalue weighted by molar-refractivity contribution is -0.143. The second-order valence-electron chi connectivity index (χ2n) is 10.5. The molecule has 0 heterocycles. The molecule has 0 aromatic carbocycles. The maximum absolute atomic E-state index is 11.8. The molecule has 0 atom stereocenters. The van der Waals surface area contributed by atoms with Crippen LogP contribution in [-0.4, -0.2) is 12.6 Å². The zero-order valence-electron chi connectivity index (χ0n) is 23.1. The molecule has 0 rings (SSSR count). The molecule has 0 aliphatic rings. The van der Waals surface area contributed by atoms with Crippen LogP contribution in [0.25, 0.3) is 0 Å². The minimum Gasteiger partial charge on any atom is -0.466 e. The average molecular weight is 467 g/mol. The van der Waals surface area contributed by atoms with E-state index in [4.69, 9.17) is 4.74 Å². The van der Waals surface area contributed by atoms with Gasteiger partial charge < -0.3 is 4.74 Å². The lowest BCUT2D eigenvalue weighted by Gasteiger charge is -2.06.